The van der Waals surface area contributed by atoms with Crippen LogP contribution < -0.4 is 5.32 Å². The van der Waals surface area contributed by atoms with E-state index in [1.807, 2.05) is 0 Å². The average Bonchev–Trinajstić information content (AvgIpc) is 3.51. The van der Waals surface area contributed by atoms with Gasteiger partial charge in [0.25, 0.3) is 0 Å². The van der Waals surface area contributed by atoms with Crippen LogP contribution in [0.2, 0.25) is 0 Å². The standard InChI is InChI=1S/C23H26N2.2ClH/c1-2-6-19-18(5-1)16-22(21-8-4-3-7-20(19)21)23(15-17-9-10-17)25-13-11-24-12-14-25;;/h1-8,16-17,23-24H,9-15H2;2*1H/t23-;;/m0../s1. The van der Waals surface area contributed by atoms with E-state index in [4.69, 9.17) is 0 Å². The third kappa shape index (κ3) is 4.09. The Labute approximate surface area is 174 Å². The molecule has 0 bridgehead atoms. The van der Waals surface area contributed by atoms with Crippen LogP contribution in [0.3, 0.4) is 0 Å². The number of nitrogens with zero attached hydrogens (tertiary/aromatic N) is 1. The van der Waals surface area contributed by atoms with Crippen molar-refractivity contribution in [2.24, 2.45) is 5.92 Å². The van der Waals surface area contributed by atoms with Gasteiger partial charge in [-0.1, -0.05) is 61.4 Å². The normalized spacial score (nSPS) is 18.7. The monoisotopic (exact) mass is 402 g/mol. The number of rotatable bonds is 4. The van der Waals surface area contributed by atoms with Crippen LogP contribution in [-0.2, 0) is 0 Å². The Morgan fingerprint density at radius 1 is 0.852 bits per heavy atom. The van der Waals surface area contributed by atoms with Crippen molar-refractivity contribution in [2.45, 2.75) is 25.3 Å². The zero-order valence-electron chi connectivity index (χ0n) is 15.6. The molecule has 0 aromatic heterocycles. The van der Waals surface area contributed by atoms with Crippen molar-refractivity contribution in [1.29, 1.82) is 0 Å². The Morgan fingerprint density at radius 2 is 1.48 bits per heavy atom. The largest absolute Gasteiger partial charge is 0.314 e. The summed E-state index contributed by atoms with van der Waals surface area (Å²) in [7, 11) is 0. The molecule has 1 N–H and O–H groups in total. The number of benzene rings is 3. The van der Waals surface area contributed by atoms with E-state index in [2.05, 4.69) is 64.8 Å². The smallest absolute Gasteiger partial charge is 0.0358 e. The molecule has 4 heteroatoms. The topological polar surface area (TPSA) is 15.3 Å². The predicted octanol–water partition coefficient (Wildman–Crippen LogP) is 5.58. The minimum absolute atomic E-state index is 0. The maximum atomic E-state index is 3.52. The lowest BCUT2D eigenvalue weighted by Crippen LogP contribution is -2.45. The molecule has 1 heterocycles. The van der Waals surface area contributed by atoms with Crippen molar-refractivity contribution in [3.05, 3.63) is 60.2 Å². The van der Waals surface area contributed by atoms with E-state index in [1.54, 1.807) is 5.56 Å². The van der Waals surface area contributed by atoms with Gasteiger partial charge < -0.3 is 5.32 Å². The molecule has 0 radical (unpaired) electrons. The second-order valence-corrected chi connectivity index (χ2v) is 7.71. The lowest BCUT2D eigenvalue weighted by Gasteiger charge is -2.36. The maximum Gasteiger partial charge on any atom is 0.0358 e. The van der Waals surface area contributed by atoms with Crippen LogP contribution in [-0.4, -0.2) is 31.1 Å². The van der Waals surface area contributed by atoms with Gasteiger partial charge in [-0.25, -0.2) is 0 Å². The van der Waals surface area contributed by atoms with Crippen LogP contribution >= 0.6 is 24.8 Å². The van der Waals surface area contributed by atoms with E-state index in [0.29, 0.717) is 6.04 Å². The minimum atomic E-state index is 0. The molecule has 5 rings (SSSR count). The van der Waals surface area contributed by atoms with Crippen LogP contribution in [0.5, 0.6) is 0 Å². The molecular weight excluding hydrogens is 375 g/mol. The van der Waals surface area contributed by atoms with E-state index >= 15 is 0 Å². The van der Waals surface area contributed by atoms with Crippen LogP contribution in [0.4, 0.5) is 0 Å². The average molecular weight is 403 g/mol. The molecule has 0 unspecified atom stereocenters. The van der Waals surface area contributed by atoms with Gasteiger partial charge in [-0.15, -0.1) is 24.8 Å². The number of nitrogens with one attached hydrogen (secondary N) is 1. The molecule has 0 amide bonds. The number of piperazine rings is 1. The highest BCUT2D eigenvalue weighted by molar-refractivity contribution is 6.09. The second-order valence-electron chi connectivity index (χ2n) is 7.71. The lowest BCUT2D eigenvalue weighted by molar-refractivity contribution is 0.161. The second kappa shape index (κ2) is 8.79. The third-order valence-corrected chi connectivity index (χ3v) is 6.00. The Balaban J connectivity index is 0.00000105. The third-order valence-electron chi connectivity index (χ3n) is 6.00. The molecule has 2 nitrogen and oxygen atoms in total. The molecule has 3 aromatic carbocycles. The predicted molar refractivity (Wildman–Crippen MR) is 120 cm³/mol. The van der Waals surface area contributed by atoms with E-state index in [-0.39, 0.29) is 24.8 Å². The highest BCUT2D eigenvalue weighted by atomic mass is 35.5. The fourth-order valence-corrected chi connectivity index (χ4v) is 4.49. The summed E-state index contributed by atoms with van der Waals surface area (Å²) in [4.78, 5) is 2.73. The summed E-state index contributed by atoms with van der Waals surface area (Å²) in [6.45, 7) is 4.57. The van der Waals surface area contributed by atoms with Gasteiger partial charge in [-0.2, -0.15) is 0 Å². The van der Waals surface area contributed by atoms with Gasteiger partial charge in [0.05, 0.1) is 0 Å². The summed E-state index contributed by atoms with van der Waals surface area (Å²) in [6.07, 6.45) is 4.17. The van der Waals surface area contributed by atoms with Crippen LogP contribution in [0, 0.1) is 5.92 Å². The van der Waals surface area contributed by atoms with Crippen molar-refractivity contribution in [3.63, 3.8) is 0 Å². The van der Waals surface area contributed by atoms with E-state index in [0.717, 1.165) is 19.0 Å². The van der Waals surface area contributed by atoms with Gasteiger partial charge in [-0.3, -0.25) is 4.90 Å². The van der Waals surface area contributed by atoms with Crippen LogP contribution in [0.15, 0.2) is 54.6 Å². The van der Waals surface area contributed by atoms with E-state index < -0.39 is 0 Å². The van der Waals surface area contributed by atoms with Gasteiger partial charge >= 0.3 is 0 Å². The molecule has 3 aromatic rings. The maximum absolute atomic E-state index is 3.52. The molecule has 2 fully saturated rings. The first-order valence-corrected chi connectivity index (χ1v) is 9.75. The van der Waals surface area contributed by atoms with Crippen molar-refractivity contribution >= 4 is 46.4 Å². The fourth-order valence-electron chi connectivity index (χ4n) is 4.49. The van der Waals surface area contributed by atoms with Crippen molar-refractivity contribution in [3.8, 4) is 0 Å². The van der Waals surface area contributed by atoms with Gasteiger partial charge in [0.2, 0.25) is 0 Å². The summed E-state index contributed by atoms with van der Waals surface area (Å²) in [5.41, 5.74) is 1.54. The van der Waals surface area contributed by atoms with E-state index in [9.17, 15) is 0 Å². The highest BCUT2D eigenvalue weighted by Gasteiger charge is 2.31. The summed E-state index contributed by atoms with van der Waals surface area (Å²) < 4.78 is 0. The first kappa shape index (κ1) is 20.4. The lowest BCUT2D eigenvalue weighted by atomic mass is 9.90. The number of fused-ring (bicyclic) bond motifs is 3. The van der Waals surface area contributed by atoms with Gasteiger partial charge in [-0.05, 0) is 45.5 Å². The first-order chi connectivity index (χ1) is 12.4. The molecule has 27 heavy (non-hydrogen) atoms. The van der Waals surface area contributed by atoms with Crippen LogP contribution in [0.1, 0.15) is 30.9 Å². The zero-order valence-corrected chi connectivity index (χ0v) is 17.2. The summed E-state index contributed by atoms with van der Waals surface area (Å²) in [6, 6.07) is 20.9. The molecule has 1 aliphatic carbocycles. The Bertz CT molecular complexity index is 901. The molecule has 144 valence electrons. The number of halogens is 2. The minimum Gasteiger partial charge on any atom is -0.314 e. The van der Waals surface area contributed by atoms with E-state index in [1.165, 1.54) is 53.9 Å². The molecule has 1 saturated heterocycles. The molecular formula is C23H28Cl2N2. The Hall–Kier alpha value is -1.32. The summed E-state index contributed by atoms with van der Waals surface area (Å²) in [5.74, 6) is 0.935. The van der Waals surface area contributed by atoms with Crippen molar-refractivity contribution < 1.29 is 0 Å². The highest BCUT2D eigenvalue weighted by Crippen LogP contribution is 2.43. The molecule has 1 atom stereocenters. The van der Waals surface area contributed by atoms with Crippen molar-refractivity contribution in [2.75, 3.05) is 26.2 Å². The fraction of sp³-hybridized carbons (Fsp3) is 0.391. The number of hydrogen-bond donors (Lipinski definition) is 1. The quantitative estimate of drug-likeness (QED) is 0.572. The Kier molecular flexibility index (Phi) is 6.65. The molecule has 1 aliphatic heterocycles. The number of hydrogen-bond acceptors (Lipinski definition) is 2. The van der Waals surface area contributed by atoms with Crippen LogP contribution in [0.25, 0.3) is 21.5 Å². The SMILES string of the molecule is Cl.Cl.c1ccc2c(c1)cc([C@H](CC1CC1)N1CCNCC1)c1ccccc12. The molecule has 1 saturated carbocycles. The molecule has 0 spiro atoms. The zero-order chi connectivity index (χ0) is 16.6. The van der Waals surface area contributed by atoms with Crippen molar-refractivity contribution in [1.82, 2.24) is 10.2 Å². The van der Waals surface area contributed by atoms with Gasteiger partial charge in [0.1, 0.15) is 0 Å². The molecule has 2 aliphatic rings. The first-order valence-electron chi connectivity index (χ1n) is 9.75. The van der Waals surface area contributed by atoms with Gasteiger partial charge in [0.15, 0.2) is 0 Å². The summed E-state index contributed by atoms with van der Waals surface area (Å²) in [5, 5.41) is 9.14. The van der Waals surface area contributed by atoms with Gasteiger partial charge in [0, 0.05) is 32.2 Å². The Morgan fingerprint density at radius 3 is 2.19 bits per heavy atom. The summed E-state index contributed by atoms with van der Waals surface area (Å²) >= 11 is 0.